The summed E-state index contributed by atoms with van der Waals surface area (Å²) >= 11 is 0. The van der Waals surface area contributed by atoms with Gasteiger partial charge in [0.1, 0.15) is 0 Å². The number of fused-ring (bicyclic) bond motifs is 1. The number of hydrogen-bond acceptors (Lipinski definition) is 2. The van der Waals surface area contributed by atoms with Crippen molar-refractivity contribution in [3.8, 4) is 0 Å². The number of nitrogens with zero attached hydrogens (tertiary/aromatic N) is 1. The number of aromatic nitrogens is 2. The second kappa shape index (κ2) is 3.44. The maximum absolute atomic E-state index is 11.9. The highest BCUT2D eigenvalue weighted by molar-refractivity contribution is 5.83. The Morgan fingerprint density at radius 1 is 1.25 bits per heavy atom. The fourth-order valence-corrected chi connectivity index (χ4v) is 2.23. The second-order valence-electron chi connectivity index (χ2n) is 5.13. The molecule has 1 N–H and O–H groups in total. The summed E-state index contributed by atoms with van der Waals surface area (Å²) in [6, 6.07) is 3.92. The number of benzene rings is 1. The Bertz CT molecular complexity index is 591. The normalized spacial score (nSPS) is 12.0. The van der Waals surface area contributed by atoms with E-state index in [1.54, 1.807) is 0 Å². The van der Waals surface area contributed by atoms with E-state index in [1.165, 1.54) is 6.33 Å². The van der Waals surface area contributed by atoms with Crippen molar-refractivity contribution < 1.29 is 0 Å². The first kappa shape index (κ1) is 10.9. The Labute approximate surface area is 94.5 Å². The van der Waals surface area contributed by atoms with Gasteiger partial charge < -0.3 is 4.98 Å². The molecule has 0 amide bonds. The van der Waals surface area contributed by atoms with Crippen LogP contribution in [0.4, 0.5) is 0 Å². The lowest BCUT2D eigenvalue weighted by atomic mass is 9.82. The molecule has 1 aromatic carbocycles. The molecule has 0 fully saturated rings. The van der Waals surface area contributed by atoms with Crippen molar-refractivity contribution in [3.05, 3.63) is 39.9 Å². The molecular formula is C13H16N2O. The van der Waals surface area contributed by atoms with Gasteiger partial charge in [0.05, 0.1) is 17.2 Å². The highest BCUT2D eigenvalue weighted by Crippen LogP contribution is 2.30. The highest BCUT2D eigenvalue weighted by atomic mass is 16.1. The van der Waals surface area contributed by atoms with Gasteiger partial charge >= 0.3 is 0 Å². The summed E-state index contributed by atoms with van der Waals surface area (Å²) < 4.78 is 0. The summed E-state index contributed by atoms with van der Waals surface area (Å²) in [5.41, 5.74) is 2.87. The van der Waals surface area contributed by atoms with Crippen LogP contribution in [0, 0.1) is 6.92 Å². The molecule has 0 spiro atoms. The van der Waals surface area contributed by atoms with Gasteiger partial charge in [-0.2, -0.15) is 0 Å². The van der Waals surface area contributed by atoms with Gasteiger partial charge in [-0.3, -0.25) is 4.79 Å². The third-order valence-electron chi connectivity index (χ3n) is 2.77. The number of aromatic amines is 1. The van der Waals surface area contributed by atoms with Crippen molar-refractivity contribution in [1.29, 1.82) is 0 Å². The Kier molecular flexibility index (Phi) is 2.34. The molecule has 0 aliphatic heterocycles. The van der Waals surface area contributed by atoms with Gasteiger partial charge in [0.25, 0.3) is 5.56 Å². The van der Waals surface area contributed by atoms with Crippen LogP contribution in [0.2, 0.25) is 0 Å². The molecule has 1 aromatic heterocycles. The van der Waals surface area contributed by atoms with E-state index in [-0.39, 0.29) is 11.0 Å². The number of aryl methyl sites for hydroxylation is 1. The molecular weight excluding hydrogens is 200 g/mol. The smallest absolute Gasteiger partial charge is 0.258 e. The van der Waals surface area contributed by atoms with Gasteiger partial charge in [-0.05, 0) is 29.5 Å². The molecule has 3 nitrogen and oxygen atoms in total. The van der Waals surface area contributed by atoms with Crippen molar-refractivity contribution in [2.24, 2.45) is 0 Å². The van der Waals surface area contributed by atoms with E-state index in [9.17, 15) is 4.79 Å². The van der Waals surface area contributed by atoms with Gasteiger partial charge in [0, 0.05) is 0 Å². The van der Waals surface area contributed by atoms with E-state index in [4.69, 9.17) is 0 Å². The fourth-order valence-electron chi connectivity index (χ4n) is 2.23. The van der Waals surface area contributed by atoms with Gasteiger partial charge in [0.15, 0.2) is 0 Å². The summed E-state index contributed by atoms with van der Waals surface area (Å²) in [5.74, 6) is 0. The maximum Gasteiger partial charge on any atom is 0.258 e. The molecule has 0 atom stereocenters. The Morgan fingerprint density at radius 2 is 1.94 bits per heavy atom. The third-order valence-corrected chi connectivity index (χ3v) is 2.77. The molecule has 2 aromatic rings. The lowest BCUT2D eigenvalue weighted by Crippen LogP contribution is -2.19. The number of nitrogens with one attached hydrogen (secondary N) is 1. The van der Waals surface area contributed by atoms with E-state index in [2.05, 4.69) is 30.7 Å². The van der Waals surface area contributed by atoms with Crippen LogP contribution < -0.4 is 5.56 Å². The summed E-state index contributed by atoms with van der Waals surface area (Å²) in [4.78, 5) is 18.8. The maximum atomic E-state index is 11.9. The van der Waals surface area contributed by atoms with Gasteiger partial charge in [-0.1, -0.05) is 26.8 Å². The second-order valence-corrected chi connectivity index (χ2v) is 5.13. The molecule has 0 saturated heterocycles. The summed E-state index contributed by atoms with van der Waals surface area (Å²) in [5, 5.41) is 0.718. The quantitative estimate of drug-likeness (QED) is 0.735. The SMILES string of the molecule is Cc1ccc2nc[nH]c(=O)c2c1C(C)(C)C. The van der Waals surface area contributed by atoms with Crippen LogP contribution in [0.1, 0.15) is 31.9 Å². The van der Waals surface area contributed by atoms with Crippen LogP contribution in [-0.4, -0.2) is 9.97 Å². The van der Waals surface area contributed by atoms with Gasteiger partial charge in [-0.15, -0.1) is 0 Å². The lowest BCUT2D eigenvalue weighted by Gasteiger charge is -2.23. The van der Waals surface area contributed by atoms with Crippen LogP contribution >= 0.6 is 0 Å². The predicted octanol–water partition coefficient (Wildman–Crippen LogP) is 2.53. The van der Waals surface area contributed by atoms with Crippen LogP contribution in [0.15, 0.2) is 23.3 Å². The van der Waals surface area contributed by atoms with Crippen LogP contribution in [0.3, 0.4) is 0 Å². The monoisotopic (exact) mass is 216 g/mol. The zero-order valence-corrected chi connectivity index (χ0v) is 10.1. The molecule has 0 aliphatic rings. The first-order valence-corrected chi connectivity index (χ1v) is 5.39. The minimum Gasteiger partial charge on any atom is -0.313 e. The average molecular weight is 216 g/mol. The lowest BCUT2D eigenvalue weighted by molar-refractivity contribution is 0.591. The molecule has 2 rings (SSSR count). The molecule has 84 valence electrons. The van der Waals surface area contributed by atoms with Crippen LogP contribution in [0.5, 0.6) is 0 Å². The van der Waals surface area contributed by atoms with E-state index < -0.39 is 0 Å². The molecule has 16 heavy (non-hydrogen) atoms. The molecule has 0 saturated carbocycles. The number of hydrogen-bond donors (Lipinski definition) is 1. The van der Waals surface area contributed by atoms with E-state index in [1.807, 2.05) is 19.1 Å². The zero-order valence-electron chi connectivity index (χ0n) is 10.1. The van der Waals surface area contributed by atoms with E-state index >= 15 is 0 Å². The average Bonchev–Trinajstić information content (AvgIpc) is 2.17. The molecule has 3 heteroatoms. The van der Waals surface area contributed by atoms with Crippen molar-refractivity contribution in [2.45, 2.75) is 33.1 Å². The Hall–Kier alpha value is -1.64. The predicted molar refractivity (Wildman–Crippen MR) is 65.8 cm³/mol. The minimum absolute atomic E-state index is 0.0559. The Morgan fingerprint density at radius 3 is 2.56 bits per heavy atom. The van der Waals surface area contributed by atoms with Crippen molar-refractivity contribution in [1.82, 2.24) is 9.97 Å². The third kappa shape index (κ3) is 1.62. The number of H-pyrrole nitrogens is 1. The van der Waals surface area contributed by atoms with E-state index in [0.717, 1.165) is 22.0 Å². The summed E-state index contributed by atoms with van der Waals surface area (Å²) in [6.45, 7) is 8.37. The number of rotatable bonds is 0. The summed E-state index contributed by atoms with van der Waals surface area (Å²) in [6.07, 6.45) is 1.45. The van der Waals surface area contributed by atoms with Crippen molar-refractivity contribution >= 4 is 10.9 Å². The molecule has 1 heterocycles. The molecule has 0 bridgehead atoms. The van der Waals surface area contributed by atoms with Crippen molar-refractivity contribution in [2.75, 3.05) is 0 Å². The van der Waals surface area contributed by atoms with Crippen LogP contribution in [-0.2, 0) is 5.41 Å². The van der Waals surface area contributed by atoms with Crippen molar-refractivity contribution in [3.63, 3.8) is 0 Å². The topological polar surface area (TPSA) is 45.8 Å². The zero-order chi connectivity index (χ0) is 11.9. The Balaban J connectivity index is 3.01. The molecule has 0 aliphatic carbocycles. The van der Waals surface area contributed by atoms with E-state index in [0.29, 0.717) is 0 Å². The minimum atomic E-state index is -0.0568. The standard InChI is InChI=1S/C13H16N2O/c1-8-5-6-9-10(11(8)13(2,3)4)12(16)15-7-14-9/h5-7H,1-4H3,(H,14,15,16). The summed E-state index contributed by atoms with van der Waals surface area (Å²) in [7, 11) is 0. The highest BCUT2D eigenvalue weighted by Gasteiger charge is 2.21. The van der Waals surface area contributed by atoms with Crippen LogP contribution in [0.25, 0.3) is 10.9 Å². The van der Waals surface area contributed by atoms with Gasteiger partial charge in [-0.25, -0.2) is 4.98 Å². The fraction of sp³-hybridized carbons (Fsp3) is 0.385. The first-order chi connectivity index (χ1) is 7.41. The molecule has 0 unspecified atom stereocenters. The largest absolute Gasteiger partial charge is 0.313 e. The first-order valence-electron chi connectivity index (χ1n) is 5.39. The van der Waals surface area contributed by atoms with Gasteiger partial charge in [0.2, 0.25) is 0 Å². The molecule has 0 radical (unpaired) electrons.